The largest absolute Gasteiger partial charge is 0.492 e. The zero-order valence-electron chi connectivity index (χ0n) is 13.2. The molecule has 2 aliphatic heterocycles. The van der Waals surface area contributed by atoms with Crippen LogP contribution in [0, 0.1) is 0 Å². The van der Waals surface area contributed by atoms with E-state index in [1.54, 1.807) is 0 Å². The first kappa shape index (κ1) is 14.8. The lowest BCUT2D eigenvalue weighted by molar-refractivity contribution is 0.108. The summed E-state index contributed by atoms with van der Waals surface area (Å²) in [5.41, 5.74) is 7.67. The molecule has 0 amide bonds. The van der Waals surface area contributed by atoms with E-state index >= 15 is 0 Å². The Morgan fingerprint density at radius 3 is 2.81 bits per heavy atom. The molecule has 1 aromatic rings. The summed E-state index contributed by atoms with van der Waals surface area (Å²) in [4.78, 5) is 5.09. The molecule has 3 rings (SSSR count). The molecule has 21 heavy (non-hydrogen) atoms. The third-order valence-electron chi connectivity index (χ3n) is 5.09. The molecule has 0 saturated carbocycles. The van der Waals surface area contributed by atoms with Crippen molar-refractivity contribution in [2.24, 2.45) is 5.73 Å². The van der Waals surface area contributed by atoms with Crippen LogP contribution < -0.4 is 10.5 Å². The summed E-state index contributed by atoms with van der Waals surface area (Å²) in [6, 6.07) is 9.22. The Labute approximate surface area is 127 Å². The first-order chi connectivity index (χ1) is 10.2. The number of hydrogen-bond acceptors (Lipinski definition) is 4. The number of likely N-dealkylation sites (tertiary alicyclic amines) is 1. The van der Waals surface area contributed by atoms with E-state index in [1.807, 2.05) is 18.2 Å². The topological polar surface area (TPSA) is 41.7 Å². The summed E-state index contributed by atoms with van der Waals surface area (Å²) < 4.78 is 5.93. The molecule has 1 saturated heterocycles. The average molecular weight is 289 g/mol. The number of rotatable bonds is 4. The van der Waals surface area contributed by atoms with Crippen LogP contribution in [0.4, 0.5) is 0 Å². The number of nitrogens with zero attached hydrogens (tertiary/aromatic N) is 2. The van der Waals surface area contributed by atoms with Crippen LogP contribution in [0.2, 0.25) is 0 Å². The standard InChI is InChI=1S/C17H27N3O/c1-3-19(4-2)13-9-10-20(11-13)15-12-21-16-8-6-5-7-14(16)17(15)18/h5-8,13,15,17H,3-4,9-12,18H2,1-2H3. The quantitative estimate of drug-likeness (QED) is 0.919. The number of para-hydroxylation sites is 1. The molecule has 4 nitrogen and oxygen atoms in total. The minimum Gasteiger partial charge on any atom is -0.492 e. The van der Waals surface area contributed by atoms with Crippen molar-refractivity contribution in [1.82, 2.24) is 9.80 Å². The van der Waals surface area contributed by atoms with Crippen molar-refractivity contribution in [1.29, 1.82) is 0 Å². The average Bonchev–Trinajstić information content (AvgIpc) is 2.99. The van der Waals surface area contributed by atoms with Crippen LogP contribution in [-0.4, -0.2) is 54.7 Å². The predicted octanol–water partition coefficient (Wildman–Crippen LogP) is 1.86. The van der Waals surface area contributed by atoms with Crippen molar-refractivity contribution in [3.05, 3.63) is 29.8 Å². The summed E-state index contributed by atoms with van der Waals surface area (Å²) in [6.45, 7) is 9.71. The first-order valence-electron chi connectivity index (χ1n) is 8.20. The van der Waals surface area contributed by atoms with E-state index in [0.29, 0.717) is 18.7 Å². The van der Waals surface area contributed by atoms with Gasteiger partial charge in [-0.2, -0.15) is 0 Å². The SMILES string of the molecule is CCN(CC)C1CCN(C2COc3ccccc3C2N)C1. The van der Waals surface area contributed by atoms with Crippen LogP contribution in [0.5, 0.6) is 5.75 Å². The Hall–Kier alpha value is -1.10. The Kier molecular flexibility index (Phi) is 4.48. The Morgan fingerprint density at radius 1 is 1.29 bits per heavy atom. The zero-order chi connectivity index (χ0) is 14.8. The van der Waals surface area contributed by atoms with Crippen molar-refractivity contribution < 1.29 is 4.74 Å². The van der Waals surface area contributed by atoms with Crippen LogP contribution in [0.3, 0.4) is 0 Å². The van der Waals surface area contributed by atoms with Crippen molar-refractivity contribution in [2.45, 2.75) is 38.4 Å². The lowest BCUT2D eigenvalue weighted by Gasteiger charge is -2.37. The highest BCUT2D eigenvalue weighted by Gasteiger charge is 2.37. The molecule has 0 aliphatic carbocycles. The Morgan fingerprint density at radius 2 is 2.05 bits per heavy atom. The zero-order valence-corrected chi connectivity index (χ0v) is 13.2. The molecule has 0 bridgehead atoms. The van der Waals surface area contributed by atoms with Crippen LogP contribution >= 0.6 is 0 Å². The number of benzene rings is 1. The number of ether oxygens (including phenoxy) is 1. The van der Waals surface area contributed by atoms with E-state index in [0.717, 1.165) is 37.5 Å². The van der Waals surface area contributed by atoms with E-state index in [2.05, 4.69) is 29.7 Å². The summed E-state index contributed by atoms with van der Waals surface area (Å²) >= 11 is 0. The fraction of sp³-hybridized carbons (Fsp3) is 0.647. The highest BCUT2D eigenvalue weighted by molar-refractivity contribution is 5.38. The van der Waals surface area contributed by atoms with Crippen molar-refractivity contribution in [3.8, 4) is 5.75 Å². The second kappa shape index (κ2) is 6.34. The van der Waals surface area contributed by atoms with Gasteiger partial charge in [-0.1, -0.05) is 32.0 Å². The fourth-order valence-electron chi connectivity index (χ4n) is 3.81. The van der Waals surface area contributed by atoms with E-state index in [-0.39, 0.29) is 6.04 Å². The molecule has 0 spiro atoms. The lowest BCUT2D eigenvalue weighted by Crippen LogP contribution is -2.49. The van der Waals surface area contributed by atoms with Crippen molar-refractivity contribution in [2.75, 3.05) is 32.8 Å². The van der Waals surface area contributed by atoms with E-state index in [4.69, 9.17) is 10.5 Å². The van der Waals surface area contributed by atoms with Crippen LogP contribution in [0.1, 0.15) is 31.9 Å². The third kappa shape index (κ3) is 2.80. The molecule has 0 radical (unpaired) electrons. The summed E-state index contributed by atoms with van der Waals surface area (Å²) in [7, 11) is 0. The molecule has 3 unspecified atom stereocenters. The predicted molar refractivity (Wildman–Crippen MR) is 85.6 cm³/mol. The van der Waals surface area contributed by atoms with Gasteiger partial charge >= 0.3 is 0 Å². The molecule has 1 fully saturated rings. The van der Waals surface area contributed by atoms with Gasteiger partial charge in [-0.3, -0.25) is 9.80 Å². The Bertz CT molecular complexity index is 475. The minimum absolute atomic E-state index is 0.0606. The van der Waals surface area contributed by atoms with Gasteiger partial charge in [0.05, 0.1) is 12.1 Å². The van der Waals surface area contributed by atoms with E-state index in [1.165, 1.54) is 6.42 Å². The Balaban J connectivity index is 1.69. The second-order valence-electron chi connectivity index (χ2n) is 6.10. The van der Waals surface area contributed by atoms with E-state index < -0.39 is 0 Å². The van der Waals surface area contributed by atoms with Crippen molar-refractivity contribution >= 4 is 0 Å². The molecule has 4 heteroatoms. The number of likely N-dealkylation sites (N-methyl/N-ethyl adjacent to an activating group) is 1. The van der Waals surface area contributed by atoms with E-state index in [9.17, 15) is 0 Å². The summed E-state index contributed by atoms with van der Waals surface area (Å²) in [6.07, 6.45) is 1.24. The fourth-order valence-corrected chi connectivity index (χ4v) is 3.81. The van der Waals surface area contributed by atoms with Gasteiger partial charge in [0.25, 0.3) is 0 Å². The molecule has 116 valence electrons. The maximum Gasteiger partial charge on any atom is 0.124 e. The molecular weight excluding hydrogens is 262 g/mol. The van der Waals surface area contributed by atoms with Gasteiger partial charge in [0.15, 0.2) is 0 Å². The molecule has 2 heterocycles. The molecular formula is C17H27N3O. The van der Waals surface area contributed by atoms with Gasteiger partial charge in [-0.15, -0.1) is 0 Å². The molecule has 2 aliphatic rings. The number of fused-ring (bicyclic) bond motifs is 1. The highest BCUT2D eigenvalue weighted by atomic mass is 16.5. The van der Waals surface area contributed by atoms with Gasteiger partial charge in [0, 0.05) is 24.7 Å². The molecule has 2 N–H and O–H groups in total. The van der Waals surface area contributed by atoms with Gasteiger partial charge in [-0.25, -0.2) is 0 Å². The molecule has 3 atom stereocenters. The van der Waals surface area contributed by atoms with Crippen LogP contribution in [-0.2, 0) is 0 Å². The van der Waals surface area contributed by atoms with Gasteiger partial charge in [0.1, 0.15) is 12.4 Å². The maximum absolute atomic E-state index is 6.52. The van der Waals surface area contributed by atoms with Gasteiger partial charge in [-0.05, 0) is 25.6 Å². The summed E-state index contributed by atoms with van der Waals surface area (Å²) in [5.74, 6) is 0.959. The second-order valence-corrected chi connectivity index (χ2v) is 6.10. The lowest BCUT2D eigenvalue weighted by atomic mass is 9.96. The van der Waals surface area contributed by atoms with Crippen LogP contribution in [0.15, 0.2) is 24.3 Å². The molecule has 1 aromatic carbocycles. The summed E-state index contributed by atoms with van der Waals surface area (Å²) in [5, 5.41) is 0. The molecule has 0 aromatic heterocycles. The first-order valence-corrected chi connectivity index (χ1v) is 8.20. The van der Waals surface area contributed by atoms with Crippen molar-refractivity contribution in [3.63, 3.8) is 0 Å². The van der Waals surface area contributed by atoms with Gasteiger partial charge in [0.2, 0.25) is 0 Å². The van der Waals surface area contributed by atoms with Gasteiger partial charge < -0.3 is 10.5 Å². The number of nitrogens with two attached hydrogens (primary N) is 1. The van der Waals surface area contributed by atoms with Crippen LogP contribution in [0.25, 0.3) is 0 Å². The normalized spacial score (nSPS) is 29.4. The highest BCUT2D eigenvalue weighted by Crippen LogP contribution is 2.34. The minimum atomic E-state index is 0.0606. The smallest absolute Gasteiger partial charge is 0.124 e. The monoisotopic (exact) mass is 289 g/mol. The third-order valence-corrected chi connectivity index (χ3v) is 5.09. The maximum atomic E-state index is 6.52. The number of hydrogen-bond donors (Lipinski definition) is 1.